The Labute approximate surface area is 125 Å². The number of carbonyl (C=O) groups excluding carboxylic acids is 1. The minimum absolute atomic E-state index is 0.194. The number of aromatic amines is 1. The maximum atomic E-state index is 12.4. The van der Waals surface area contributed by atoms with Crippen LogP contribution in [0.4, 0.5) is 0 Å². The summed E-state index contributed by atoms with van der Waals surface area (Å²) < 4.78 is 0. The Hall–Kier alpha value is -1.81. The van der Waals surface area contributed by atoms with Crippen molar-refractivity contribution in [2.24, 2.45) is 0 Å². The molecule has 21 heavy (non-hydrogen) atoms. The summed E-state index contributed by atoms with van der Waals surface area (Å²) in [5.74, 6) is 0.194. The molecule has 112 valence electrons. The van der Waals surface area contributed by atoms with E-state index in [-0.39, 0.29) is 5.91 Å². The number of H-pyrrole nitrogens is 1. The van der Waals surface area contributed by atoms with Crippen LogP contribution in [-0.4, -0.2) is 53.9 Å². The van der Waals surface area contributed by atoms with E-state index < -0.39 is 0 Å². The van der Waals surface area contributed by atoms with Gasteiger partial charge in [-0.15, -0.1) is 0 Å². The van der Waals surface area contributed by atoms with E-state index in [0.717, 1.165) is 29.6 Å². The highest BCUT2D eigenvalue weighted by molar-refractivity contribution is 5.88. The van der Waals surface area contributed by atoms with Gasteiger partial charge in [0.15, 0.2) is 0 Å². The second-order valence-electron chi connectivity index (χ2n) is 6.09. The van der Waals surface area contributed by atoms with Crippen LogP contribution in [0.2, 0.25) is 0 Å². The number of likely N-dealkylation sites (N-methyl/N-ethyl adjacent to an activating group) is 2. The Bertz CT molecular complexity index is 634. The monoisotopic (exact) mass is 285 g/mol. The van der Waals surface area contributed by atoms with Crippen molar-refractivity contribution in [1.82, 2.24) is 14.8 Å². The second-order valence-corrected chi connectivity index (χ2v) is 6.09. The fraction of sp³-hybridized carbons (Fsp3) is 0.471. The van der Waals surface area contributed by atoms with E-state index in [4.69, 9.17) is 0 Å². The van der Waals surface area contributed by atoms with Gasteiger partial charge in [-0.2, -0.15) is 0 Å². The minimum Gasteiger partial charge on any atom is -0.361 e. The van der Waals surface area contributed by atoms with E-state index in [2.05, 4.69) is 23.0 Å². The van der Waals surface area contributed by atoms with Gasteiger partial charge in [-0.05, 0) is 38.1 Å². The van der Waals surface area contributed by atoms with Crippen molar-refractivity contribution < 1.29 is 4.79 Å². The molecule has 0 saturated carbocycles. The first kappa shape index (κ1) is 14.1. The van der Waals surface area contributed by atoms with E-state index in [1.165, 1.54) is 12.8 Å². The number of nitrogens with one attached hydrogen (secondary N) is 1. The number of nitrogens with zero attached hydrogens (tertiary/aromatic N) is 2. The first-order valence-corrected chi connectivity index (χ1v) is 7.64. The Morgan fingerprint density at radius 2 is 2.24 bits per heavy atom. The van der Waals surface area contributed by atoms with Gasteiger partial charge in [0.2, 0.25) is 5.91 Å². The highest BCUT2D eigenvalue weighted by atomic mass is 16.2. The lowest BCUT2D eigenvalue weighted by Gasteiger charge is -2.25. The Morgan fingerprint density at radius 1 is 1.43 bits per heavy atom. The number of carbonyl (C=O) groups is 1. The van der Waals surface area contributed by atoms with Gasteiger partial charge in [-0.25, -0.2) is 0 Å². The molecule has 3 rings (SSSR count). The fourth-order valence-electron chi connectivity index (χ4n) is 3.20. The lowest BCUT2D eigenvalue weighted by atomic mass is 10.1. The summed E-state index contributed by atoms with van der Waals surface area (Å²) >= 11 is 0. The zero-order valence-electron chi connectivity index (χ0n) is 12.8. The largest absolute Gasteiger partial charge is 0.361 e. The van der Waals surface area contributed by atoms with Gasteiger partial charge in [0.1, 0.15) is 0 Å². The molecule has 1 aromatic heterocycles. The standard InChI is InChI=1S/C17H23N3O/c1-19-9-5-6-14(19)12-20(2)17(21)10-13-11-18-16-8-4-3-7-15(13)16/h3-4,7-8,11,14,18H,5-6,9-10,12H2,1-2H3. The molecule has 1 saturated heterocycles. The zero-order valence-corrected chi connectivity index (χ0v) is 12.8. The lowest BCUT2D eigenvalue weighted by Crippen LogP contribution is -2.40. The number of rotatable bonds is 4. The molecule has 0 bridgehead atoms. The van der Waals surface area contributed by atoms with Crippen molar-refractivity contribution in [3.63, 3.8) is 0 Å². The van der Waals surface area contributed by atoms with E-state index in [1.54, 1.807) is 0 Å². The molecule has 1 aliphatic rings. The number of amides is 1. The molecule has 4 heteroatoms. The molecule has 4 nitrogen and oxygen atoms in total. The molecule has 0 aliphatic carbocycles. The minimum atomic E-state index is 0.194. The van der Waals surface area contributed by atoms with Crippen LogP contribution in [0.3, 0.4) is 0 Å². The van der Waals surface area contributed by atoms with Gasteiger partial charge in [0.05, 0.1) is 6.42 Å². The summed E-state index contributed by atoms with van der Waals surface area (Å²) in [6, 6.07) is 8.65. The Kier molecular flexibility index (Phi) is 3.97. The summed E-state index contributed by atoms with van der Waals surface area (Å²) in [7, 11) is 4.07. The summed E-state index contributed by atoms with van der Waals surface area (Å²) in [5.41, 5.74) is 2.18. The molecule has 2 heterocycles. The summed E-state index contributed by atoms with van der Waals surface area (Å²) in [6.45, 7) is 1.98. The van der Waals surface area contributed by atoms with Crippen LogP contribution < -0.4 is 0 Å². The third kappa shape index (κ3) is 2.95. The van der Waals surface area contributed by atoms with Crippen molar-refractivity contribution >= 4 is 16.8 Å². The number of para-hydroxylation sites is 1. The van der Waals surface area contributed by atoms with E-state index in [9.17, 15) is 4.79 Å². The van der Waals surface area contributed by atoms with Crippen molar-refractivity contribution in [2.75, 3.05) is 27.2 Å². The Morgan fingerprint density at radius 3 is 3.00 bits per heavy atom. The average Bonchev–Trinajstić information content (AvgIpc) is 3.07. The SMILES string of the molecule is CN(CC1CCCN1C)C(=O)Cc1c[nH]c2ccccc12. The maximum Gasteiger partial charge on any atom is 0.226 e. The highest BCUT2D eigenvalue weighted by Gasteiger charge is 2.24. The van der Waals surface area contributed by atoms with Gasteiger partial charge in [0, 0.05) is 36.7 Å². The topological polar surface area (TPSA) is 39.3 Å². The van der Waals surface area contributed by atoms with E-state index in [1.807, 2.05) is 36.3 Å². The highest BCUT2D eigenvalue weighted by Crippen LogP contribution is 2.19. The zero-order chi connectivity index (χ0) is 14.8. The third-order valence-corrected chi connectivity index (χ3v) is 4.60. The predicted octanol–water partition coefficient (Wildman–Crippen LogP) is 2.26. The van der Waals surface area contributed by atoms with Crippen LogP contribution in [0.5, 0.6) is 0 Å². The van der Waals surface area contributed by atoms with Crippen molar-refractivity contribution in [3.05, 3.63) is 36.0 Å². The van der Waals surface area contributed by atoms with Crippen LogP contribution in [0, 0.1) is 0 Å². The number of fused-ring (bicyclic) bond motifs is 1. The predicted molar refractivity (Wildman–Crippen MR) is 85.3 cm³/mol. The van der Waals surface area contributed by atoms with Crippen LogP contribution >= 0.6 is 0 Å². The molecule has 0 spiro atoms. The van der Waals surface area contributed by atoms with Gasteiger partial charge < -0.3 is 14.8 Å². The molecule has 1 atom stereocenters. The van der Waals surface area contributed by atoms with Gasteiger partial charge in [-0.3, -0.25) is 4.79 Å². The number of benzene rings is 1. The number of hydrogen-bond donors (Lipinski definition) is 1. The molecule has 1 aromatic carbocycles. The number of likely N-dealkylation sites (tertiary alicyclic amines) is 1. The normalized spacial score (nSPS) is 19.2. The maximum absolute atomic E-state index is 12.4. The third-order valence-electron chi connectivity index (χ3n) is 4.60. The van der Waals surface area contributed by atoms with Crippen molar-refractivity contribution in [1.29, 1.82) is 0 Å². The van der Waals surface area contributed by atoms with Crippen LogP contribution in [0.15, 0.2) is 30.5 Å². The molecule has 0 radical (unpaired) electrons. The van der Waals surface area contributed by atoms with Gasteiger partial charge in [0.25, 0.3) is 0 Å². The van der Waals surface area contributed by atoms with Crippen LogP contribution in [0.25, 0.3) is 10.9 Å². The number of hydrogen-bond acceptors (Lipinski definition) is 2. The quantitative estimate of drug-likeness (QED) is 0.936. The molecular weight excluding hydrogens is 262 g/mol. The summed E-state index contributed by atoms with van der Waals surface area (Å²) in [5, 5.41) is 1.15. The van der Waals surface area contributed by atoms with Crippen LogP contribution in [0.1, 0.15) is 18.4 Å². The molecule has 1 aliphatic heterocycles. The smallest absolute Gasteiger partial charge is 0.226 e. The summed E-state index contributed by atoms with van der Waals surface area (Å²) in [6.07, 6.45) is 4.86. The van der Waals surface area contributed by atoms with Gasteiger partial charge in [-0.1, -0.05) is 18.2 Å². The molecule has 1 fully saturated rings. The molecule has 2 aromatic rings. The lowest BCUT2D eigenvalue weighted by molar-refractivity contribution is -0.129. The molecule has 1 N–H and O–H groups in total. The number of aromatic nitrogens is 1. The fourth-order valence-corrected chi connectivity index (χ4v) is 3.20. The first-order chi connectivity index (χ1) is 10.1. The van der Waals surface area contributed by atoms with Crippen molar-refractivity contribution in [3.8, 4) is 0 Å². The van der Waals surface area contributed by atoms with Gasteiger partial charge >= 0.3 is 0 Å². The molecule has 1 amide bonds. The Balaban J connectivity index is 1.65. The van der Waals surface area contributed by atoms with Crippen molar-refractivity contribution in [2.45, 2.75) is 25.3 Å². The van der Waals surface area contributed by atoms with E-state index in [0.29, 0.717) is 12.5 Å². The van der Waals surface area contributed by atoms with Crippen LogP contribution in [-0.2, 0) is 11.2 Å². The summed E-state index contributed by atoms with van der Waals surface area (Å²) in [4.78, 5) is 19.9. The van der Waals surface area contributed by atoms with E-state index >= 15 is 0 Å². The average molecular weight is 285 g/mol. The second kappa shape index (κ2) is 5.90. The first-order valence-electron chi connectivity index (χ1n) is 7.64. The molecule has 1 unspecified atom stereocenters. The molecular formula is C17H23N3O.